The van der Waals surface area contributed by atoms with Gasteiger partial charge in [-0.25, -0.2) is 0 Å². The molecule has 158 valence electrons. The molecule has 2 aromatic rings. The monoisotopic (exact) mass is 418 g/mol. The van der Waals surface area contributed by atoms with Crippen LogP contribution in [0.3, 0.4) is 0 Å². The van der Waals surface area contributed by atoms with E-state index in [-0.39, 0.29) is 42.3 Å². The summed E-state index contributed by atoms with van der Waals surface area (Å²) in [6.07, 6.45) is 3.85. The molecule has 0 radical (unpaired) electrons. The fraction of sp³-hybridized carbons (Fsp3) is 0.545. The van der Waals surface area contributed by atoms with E-state index in [9.17, 15) is 4.79 Å². The molecule has 2 saturated heterocycles. The highest BCUT2D eigenvalue weighted by molar-refractivity contribution is 5.85. The molecule has 2 unspecified atom stereocenters. The number of ether oxygens (including phenoxy) is 1. The van der Waals surface area contributed by atoms with E-state index in [1.165, 1.54) is 16.7 Å². The van der Waals surface area contributed by atoms with E-state index in [1.807, 2.05) is 29.0 Å². The lowest BCUT2D eigenvalue weighted by Crippen LogP contribution is -2.51. The van der Waals surface area contributed by atoms with Crippen LogP contribution in [0.25, 0.3) is 0 Å². The Morgan fingerprint density at radius 3 is 2.79 bits per heavy atom. The van der Waals surface area contributed by atoms with Crippen molar-refractivity contribution in [2.24, 2.45) is 13.0 Å². The van der Waals surface area contributed by atoms with Crippen LogP contribution < -0.4 is 5.32 Å². The van der Waals surface area contributed by atoms with Crippen molar-refractivity contribution in [1.82, 2.24) is 20.0 Å². The molecule has 1 aromatic heterocycles. The Bertz CT molecular complexity index is 868. The first kappa shape index (κ1) is 21.8. The number of halogens is 1. The Morgan fingerprint density at radius 1 is 1.28 bits per heavy atom. The topological polar surface area (TPSA) is 59.4 Å². The normalized spacial score (nSPS) is 27.0. The number of amides is 1. The number of aryl methyl sites for hydroxylation is 3. The van der Waals surface area contributed by atoms with Crippen LogP contribution in [0.2, 0.25) is 0 Å². The fourth-order valence-electron chi connectivity index (χ4n) is 4.49. The number of rotatable bonds is 3. The summed E-state index contributed by atoms with van der Waals surface area (Å²) < 4.78 is 7.96. The first-order valence-corrected chi connectivity index (χ1v) is 10.1. The van der Waals surface area contributed by atoms with Gasteiger partial charge >= 0.3 is 0 Å². The zero-order valence-corrected chi connectivity index (χ0v) is 18.4. The van der Waals surface area contributed by atoms with E-state index in [0.717, 1.165) is 18.7 Å². The van der Waals surface area contributed by atoms with E-state index < -0.39 is 0 Å². The lowest BCUT2D eigenvalue weighted by molar-refractivity contribution is -0.148. The molecule has 3 heterocycles. The lowest BCUT2D eigenvalue weighted by atomic mass is 9.89. The Morgan fingerprint density at radius 2 is 2.07 bits per heavy atom. The average molecular weight is 419 g/mol. The molecule has 2 aliphatic rings. The van der Waals surface area contributed by atoms with Gasteiger partial charge in [0, 0.05) is 32.3 Å². The minimum atomic E-state index is -0.0637. The summed E-state index contributed by atoms with van der Waals surface area (Å²) in [5.74, 6) is 0.351. The Hall–Kier alpha value is -1.89. The van der Waals surface area contributed by atoms with Gasteiger partial charge < -0.3 is 15.0 Å². The molecule has 6 nitrogen and oxygen atoms in total. The summed E-state index contributed by atoms with van der Waals surface area (Å²) in [7, 11) is 1.92. The number of aromatic nitrogens is 2. The molecular formula is C22H31ClN4O2. The molecule has 2 fully saturated rings. The molecule has 7 heteroatoms. The van der Waals surface area contributed by atoms with Gasteiger partial charge in [-0.1, -0.05) is 23.8 Å². The van der Waals surface area contributed by atoms with E-state index in [1.54, 1.807) is 0 Å². The third-order valence-corrected chi connectivity index (χ3v) is 6.18. The second-order valence-electron chi connectivity index (χ2n) is 8.34. The van der Waals surface area contributed by atoms with Crippen molar-refractivity contribution < 1.29 is 9.53 Å². The second-order valence-corrected chi connectivity index (χ2v) is 8.34. The minimum absolute atomic E-state index is 0. The molecule has 1 amide bonds. The van der Waals surface area contributed by atoms with Gasteiger partial charge in [0.25, 0.3) is 0 Å². The van der Waals surface area contributed by atoms with Crippen molar-refractivity contribution in [2.45, 2.75) is 38.8 Å². The zero-order chi connectivity index (χ0) is 19.8. The van der Waals surface area contributed by atoms with Crippen molar-refractivity contribution in [3.05, 3.63) is 52.8 Å². The third-order valence-electron chi connectivity index (χ3n) is 6.18. The molecule has 0 bridgehead atoms. The van der Waals surface area contributed by atoms with Crippen LogP contribution in [-0.2, 0) is 16.6 Å². The van der Waals surface area contributed by atoms with Crippen LogP contribution in [0.4, 0.5) is 0 Å². The maximum atomic E-state index is 13.5. The average Bonchev–Trinajstić information content (AvgIpc) is 3.32. The summed E-state index contributed by atoms with van der Waals surface area (Å²) in [5.41, 5.74) is 4.77. The van der Waals surface area contributed by atoms with Crippen LogP contribution >= 0.6 is 12.4 Å². The third kappa shape index (κ3) is 4.34. The quantitative estimate of drug-likeness (QED) is 0.832. The Kier molecular flexibility index (Phi) is 6.66. The first-order valence-electron chi connectivity index (χ1n) is 10.1. The van der Waals surface area contributed by atoms with Gasteiger partial charge in [-0.3, -0.25) is 9.48 Å². The van der Waals surface area contributed by atoms with E-state index in [2.05, 4.69) is 49.4 Å². The molecule has 0 spiro atoms. The van der Waals surface area contributed by atoms with Gasteiger partial charge in [-0.05, 0) is 37.5 Å². The highest BCUT2D eigenvalue weighted by atomic mass is 35.5. The highest BCUT2D eigenvalue weighted by Crippen LogP contribution is 2.33. The molecule has 0 saturated carbocycles. The molecule has 1 aromatic carbocycles. The maximum Gasteiger partial charge on any atom is 0.228 e. The number of nitrogens with one attached hydrogen (secondary N) is 1. The van der Waals surface area contributed by atoms with Gasteiger partial charge in [-0.2, -0.15) is 5.10 Å². The molecule has 29 heavy (non-hydrogen) atoms. The van der Waals surface area contributed by atoms with Crippen LogP contribution in [0.15, 0.2) is 30.6 Å². The van der Waals surface area contributed by atoms with E-state index in [0.29, 0.717) is 13.2 Å². The van der Waals surface area contributed by atoms with Crippen LogP contribution in [0.1, 0.15) is 41.2 Å². The van der Waals surface area contributed by atoms with E-state index in [4.69, 9.17) is 4.74 Å². The number of carbonyl (C=O) groups is 1. The number of hydrogen-bond donors (Lipinski definition) is 1. The molecule has 1 N–H and O–H groups in total. The summed E-state index contributed by atoms with van der Waals surface area (Å²) in [5, 5.41) is 7.70. The van der Waals surface area contributed by atoms with Gasteiger partial charge in [0.15, 0.2) is 0 Å². The summed E-state index contributed by atoms with van der Waals surface area (Å²) in [6, 6.07) is 6.53. The largest absolute Gasteiger partial charge is 0.370 e. The first-order chi connectivity index (χ1) is 13.4. The molecule has 2 aliphatic heterocycles. The van der Waals surface area contributed by atoms with Crippen molar-refractivity contribution in [2.75, 3.05) is 26.2 Å². The van der Waals surface area contributed by atoms with Crippen LogP contribution in [0, 0.1) is 19.8 Å². The van der Waals surface area contributed by atoms with Crippen LogP contribution in [-0.4, -0.2) is 52.9 Å². The predicted octanol–water partition coefficient (Wildman–Crippen LogP) is 2.75. The van der Waals surface area contributed by atoms with E-state index >= 15 is 0 Å². The maximum absolute atomic E-state index is 13.5. The molecule has 4 atom stereocenters. The zero-order valence-electron chi connectivity index (χ0n) is 17.6. The van der Waals surface area contributed by atoms with Gasteiger partial charge in [-0.15, -0.1) is 12.4 Å². The Labute approximate surface area is 179 Å². The highest BCUT2D eigenvalue weighted by Gasteiger charge is 2.40. The van der Waals surface area contributed by atoms with Crippen molar-refractivity contribution in [1.29, 1.82) is 0 Å². The minimum Gasteiger partial charge on any atom is -0.370 e. The second kappa shape index (κ2) is 8.86. The molecule has 0 aliphatic carbocycles. The standard InChI is InChI=1S/C22H30N4O2.ClH/c1-14-5-6-15(2)18(7-14)21-12-26(16(3)13-28-21)22(27)20-10-23-9-19(20)17-8-24-25(4)11-17;/h5-8,11,16,19-21,23H,9-10,12-13H2,1-4H3;1H/t16?,19-,20+,21?;/m1./s1. The smallest absolute Gasteiger partial charge is 0.228 e. The summed E-state index contributed by atoms with van der Waals surface area (Å²) >= 11 is 0. The number of hydrogen-bond acceptors (Lipinski definition) is 4. The number of morpholine rings is 1. The lowest BCUT2D eigenvalue weighted by Gasteiger charge is -2.40. The fourth-order valence-corrected chi connectivity index (χ4v) is 4.49. The van der Waals surface area contributed by atoms with Crippen LogP contribution in [0.5, 0.6) is 0 Å². The Balaban J connectivity index is 0.00000240. The SMILES string of the molecule is Cc1ccc(C)c(C2CN(C(=O)[C@H]3CNC[C@@H]3c3cnn(C)c3)C(C)CO2)c1.Cl. The van der Waals surface area contributed by atoms with Crippen molar-refractivity contribution >= 4 is 18.3 Å². The molecular weight excluding hydrogens is 388 g/mol. The predicted molar refractivity (Wildman–Crippen MR) is 115 cm³/mol. The van der Waals surface area contributed by atoms with Gasteiger partial charge in [0.2, 0.25) is 5.91 Å². The number of benzene rings is 1. The summed E-state index contributed by atoms with van der Waals surface area (Å²) in [6.45, 7) is 9.01. The summed E-state index contributed by atoms with van der Waals surface area (Å²) in [4.78, 5) is 15.6. The van der Waals surface area contributed by atoms with Crippen molar-refractivity contribution in [3.8, 4) is 0 Å². The van der Waals surface area contributed by atoms with Crippen molar-refractivity contribution in [3.63, 3.8) is 0 Å². The number of nitrogens with zero attached hydrogens (tertiary/aromatic N) is 3. The van der Waals surface area contributed by atoms with Gasteiger partial charge in [0.05, 0.1) is 31.3 Å². The van der Waals surface area contributed by atoms with Gasteiger partial charge in [0.1, 0.15) is 6.10 Å². The number of carbonyl (C=O) groups excluding carboxylic acids is 1. The molecule has 4 rings (SSSR count).